The first kappa shape index (κ1) is 13.8. The molecular formula is C11H15BrN2S2. The molecule has 0 unspecified atom stereocenters. The van der Waals surface area contributed by atoms with Crippen LogP contribution in [0.3, 0.4) is 0 Å². The van der Waals surface area contributed by atoms with Crippen LogP contribution in [-0.2, 0) is 0 Å². The number of nitrogens with two attached hydrogens (primary N) is 1. The summed E-state index contributed by atoms with van der Waals surface area (Å²) in [7, 11) is 2.08. The zero-order chi connectivity index (χ0) is 12.1. The Labute approximate surface area is 115 Å². The van der Waals surface area contributed by atoms with Gasteiger partial charge in [0.1, 0.15) is 4.99 Å². The lowest BCUT2D eigenvalue weighted by Crippen LogP contribution is -2.20. The Morgan fingerprint density at radius 1 is 1.56 bits per heavy atom. The van der Waals surface area contributed by atoms with Crippen molar-refractivity contribution in [3.8, 4) is 0 Å². The predicted octanol–water partition coefficient (Wildman–Crippen LogP) is 2.88. The van der Waals surface area contributed by atoms with Crippen molar-refractivity contribution in [1.29, 1.82) is 0 Å². The zero-order valence-electron chi connectivity index (χ0n) is 9.37. The van der Waals surface area contributed by atoms with Gasteiger partial charge in [-0.1, -0.05) is 12.2 Å². The first-order valence-corrected chi connectivity index (χ1v) is 7.45. The van der Waals surface area contributed by atoms with Gasteiger partial charge in [-0.2, -0.15) is 11.8 Å². The summed E-state index contributed by atoms with van der Waals surface area (Å²) >= 11 is 10.3. The fraction of sp³-hybridized carbons (Fsp3) is 0.364. The van der Waals surface area contributed by atoms with E-state index >= 15 is 0 Å². The first-order chi connectivity index (χ1) is 7.56. The Balaban J connectivity index is 2.84. The van der Waals surface area contributed by atoms with Gasteiger partial charge in [0.25, 0.3) is 0 Å². The Morgan fingerprint density at radius 2 is 2.25 bits per heavy atom. The molecular weight excluding hydrogens is 304 g/mol. The summed E-state index contributed by atoms with van der Waals surface area (Å²) in [6.45, 7) is 1.03. The van der Waals surface area contributed by atoms with Crippen LogP contribution in [0.25, 0.3) is 0 Å². The summed E-state index contributed by atoms with van der Waals surface area (Å²) in [6, 6.07) is 6.05. The molecule has 88 valence electrons. The van der Waals surface area contributed by atoms with E-state index in [2.05, 4.69) is 40.2 Å². The fourth-order valence-corrected chi connectivity index (χ4v) is 2.64. The molecule has 0 aliphatic rings. The molecule has 1 aromatic carbocycles. The summed E-state index contributed by atoms with van der Waals surface area (Å²) in [5.41, 5.74) is 7.66. The number of thioether (sulfide) groups is 1. The van der Waals surface area contributed by atoms with E-state index < -0.39 is 0 Å². The predicted molar refractivity (Wildman–Crippen MR) is 81.7 cm³/mol. The van der Waals surface area contributed by atoms with Gasteiger partial charge >= 0.3 is 0 Å². The second-order valence-electron chi connectivity index (χ2n) is 3.44. The standard InChI is InChI=1S/C11H15BrN2S2/c1-14(5-6-16-2)8-3-4-9(11(13)15)10(12)7-8/h3-4,7H,5-6H2,1-2H3,(H2,13,15). The van der Waals surface area contributed by atoms with Crippen LogP contribution < -0.4 is 10.6 Å². The van der Waals surface area contributed by atoms with E-state index in [9.17, 15) is 0 Å². The van der Waals surface area contributed by atoms with Crippen LogP contribution in [0.15, 0.2) is 22.7 Å². The van der Waals surface area contributed by atoms with Gasteiger partial charge in [0.2, 0.25) is 0 Å². The van der Waals surface area contributed by atoms with Crippen molar-refractivity contribution in [2.24, 2.45) is 5.73 Å². The quantitative estimate of drug-likeness (QED) is 0.845. The van der Waals surface area contributed by atoms with Crippen molar-refractivity contribution >= 4 is 50.6 Å². The largest absolute Gasteiger partial charge is 0.389 e. The molecule has 0 aliphatic carbocycles. The maximum Gasteiger partial charge on any atom is 0.105 e. The monoisotopic (exact) mass is 318 g/mol. The summed E-state index contributed by atoms with van der Waals surface area (Å²) in [4.78, 5) is 2.63. The highest BCUT2D eigenvalue weighted by molar-refractivity contribution is 9.10. The van der Waals surface area contributed by atoms with E-state index in [-0.39, 0.29) is 0 Å². The average molecular weight is 319 g/mol. The second-order valence-corrected chi connectivity index (χ2v) is 5.72. The van der Waals surface area contributed by atoms with Gasteiger partial charge in [0.05, 0.1) is 0 Å². The van der Waals surface area contributed by atoms with Crippen molar-refractivity contribution in [2.45, 2.75) is 0 Å². The SMILES string of the molecule is CSCCN(C)c1ccc(C(N)=S)c(Br)c1. The van der Waals surface area contributed by atoms with Crippen LogP contribution in [0, 0.1) is 0 Å². The molecule has 1 rings (SSSR count). The Bertz CT molecular complexity index is 382. The van der Waals surface area contributed by atoms with Crippen molar-refractivity contribution in [3.05, 3.63) is 28.2 Å². The molecule has 2 nitrogen and oxygen atoms in total. The number of halogens is 1. The minimum absolute atomic E-state index is 0.421. The van der Waals surface area contributed by atoms with E-state index in [0.29, 0.717) is 4.99 Å². The molecule has 0 saturated heterocycles. The number of hydrogen-bond acceptors (Lipinski definition) is 3. The van der Waals surface area contributed by atoms with Crippen molar-refractivity contribution in [1.82, 2.24) is 0 Å². The van der Waals surface area contributed by atoms with Crippen LogP contribution in [0.1, 0.15) is 5.56 Å². The number of thiocarbonyl (C=S) groups is 1. The van der Waals surface area contributed by atoms with E-state index in [0.717, 1.165) is 22.3 Å². The van der Waals surface area contributed by atoms with Crippen molar-refractivity contribution in [2.75, 3.05) is 30.5 Å². The van der Waals surface area contributed by atoms with Crippen LogP contribution in [0.2, 0.25) is 0 Å². The van der Waals surface area contributed by atoms with Crippen molar-refractivity contribution in [3.63, 3.8) is 0 Å². The lowest BCUT2D eigenvalue weighted by atomic mass is 10.2. The maximum atomic E-state index is 5.61. The molecule has 16 heavy (non-hydrogen) atoms. The lowest BCUT2D eigenvalue weighted by molar-refractivity contribution is 0.977. The van der Waals surface area contributed by atoms with E-state index in [1.165, 1.54) is 5.69 Å². The fourth-order valence-electron chi connectivity index (χ4n) is 1.30. The third kappa shape index (κ3) is 3.64. The molecule has 0 bridgehead atoms. The molecule has 1 aromatic rings. The molecule has 0 spiro atoms. The minimum atomic E-state index is 0.421. The number of benzene rings is 1. The van der Waals surface area contributed by atoms with Gasteiger partial charge in [-0.3, -0.25) is 0 Å². The second kappa shape index (κ2) is 6.47. The molecule has 0 amide bonds. The topological polar surface area (TPSA) is 29.3 Å². The Morgan fingerprint density at radius 3 is 2.75 bits per heavy atom. The number of anilines is 1. The minimum Gasteiger partial charge on any atom is -0.389 e. The summed E-state index contributed by atoms with van der Waals surface area (Å²) < 4.78 is 0.952. The van der Waals surface area contributed by atoms with Crippen LogP contribution in [0.4, 0.5) is 5.69 Å². The van der Waals surface area contributed by atoms with E-state index in [1.807, 2.05) is 23.9 Å². The average Bonchev–Trinajstić information content (AvgIpc) is 2.25. The highest BCUT2D eigenvalue weighted by Gasteiger charge is 2.06. The molecule has 0 aromatic heterocycles. The van der Waals surface area contributed by atoms with Gasteiger partial charge in [0.15, 0.2) is 0 Å². The summed E-state index contributed by atoms with van der Waals surface area (Å²) in [5.74, 6) is 1.12. The van der Waals surface area contributed by atoms with Gasteiger partial charge < -0.3 is 10.6 Å². The summed E-state index contributed by atoms with van der Waals surface area (Å²) in [5, 5.41) is 0. The Hall–Kier alpha value is -0.260. The molecule has 2 N–H and O–H groups in total. The highest BCUT2D eigenvalue weighted by Crippen LogP contribution is 2.23. The zero-order valence-corrected chi connectivity index (χ0v) is 12.6. The molecule has 0 radical (unpaired) electrons. The Kier molecular flexibility index (Phi) is 5.58. The lowest BCUT2D eigenvalue weighted by Gasteiger charge is -2.19. The van der Waals surface area contributed by atoms with E-state index in [4.69, 9.17) is 18.0 Å². The van der Waals surface area contributed by atoms with Crippen molar-refractivity contribution < 1.29 is 0 Å². The van der Waals surface area contributed by atoms with Crippen LogP contribution >= 0.6 is 39.9 Å². The molecule has 5 heteroatoms. The number of hydrogen-bond donors (Lipinski definition) is 1. The molecule has 0 aliphatic heterocycles. The normalized spacial score (nSPS) is 10.2. The van der Waals surface area contributed by atoms with Gasteiger partial charge in [0, 0.05) is 35.1 Å². The molecule has 0 saturated carbocycles. The van der Waals surface area contributed by atoms with Gasteiger partial charge in [-0.25, -0.2) is 0 Å². The highest BCUT2D eigenvalue weighted by atomic mass is 79.9. The third-order valence-corrected chi connectivity index (χ3v) is 3.76. The van der Waals surface area contributed by atoms with Crippen LogP contribution in [0.5, 0.6) is 0 Å². The summed E-state index contributed by atoms with van der Waals surface area (Å²) in [6.07, 6.45) is 2.11. The third-order valence-electron chi connectivity index (χ3n) is 2.29. The smallest absolute Gasteiger partial charge is 0.105 e. The van der Waals surface area contributed by atoms with Gasteiger partial charge in [-0.15, -0.1) is 0 Å². The number of rotatable bonds is 5. The maximum absolute atomic E-state index is 5.61. The first-order valence-electron chi connectivity index (χ1n) is 4.85. The molecule has 0 atom stereocenters. The van der Waals surface area contributed by atoms with Crippen LogP contribution in [-0.4, -0.2) is 30.6 Å². The molecule has 0 fully saturated rings. The molecule has 0 heterocycles. The van der Waals surface area contributed by atoms with Gasteiger partial charge in [-0.05, 0) is 40.4 Å². The number of nitrogens with zero attached hydrogens (tertiary/aromatic N) is 1. The van der Waals surface area contributed by atoms with E-state index in [1.54, 1.807) is 0 Å².